The van der Waals surface area contributed by atoms with Crippen molar-refractivity contribution in [2.75, 3.05) is 5.73 Å². The molecular weight excluding hydrogens is 280 g/mol. The Morgan fingerprint density at radius 3 is 3.00 bits per heavy atom. The number of hydrogen-bond donors (Lipinski definition) is 1. The van der Waals surface area contributed by atoms with Crippen molar-refractivity contribution in [1.82, 2.24) is 14.8 Å². The van der Waals surface area contributed by atoms with Crippen LogP contribution in [0, 0.1) is 0 Å². The lowest BCUT2D eigenvalue weighted by atomic mass is 10.1. The molecular formula is C12H13BrN4. The van der Waals surface area contributed by atoms with Gasteiger partial charge in [-0.2, -0.15) is 0 Å². The van der Waals surface area contributed by atoms with Crippen molar-refractivity contribution >= 4 is 21.6 Å². The summed E-state index contributed by atoms with van der Waals surface area (Å²) in [5.41, 5.74) is 7.77. The highest BCUT2D eigenvalue weighted by atomic mass is 79.9. The third kappa shape index (κ3) is 1.74. The van der Waals surface area contributed by atoms with Gasteiger partial charge >= 0.3 is 0 Å². The zero-order valence-electron chi connectivity index (χ0n) is 9.36. The lowest BCUT2D eigenvalue weighted by Gasteiger charge is -2.15. The number of hydrogen-bond acceptors (Lipinski definition) is 3. The second-order valence-corrected chi connectivity index (χ2v) is 5.10. The van der Waals surface area contributed by atoms with Crippen molar-refractivity contribution in [2.45, 2.75) is 25.8 Å². The van der Waals surface area contributed by atoms with Crippen LogP contribution in [0.5, 0.6) is 0 Å². The van der Waals surface area contributed by atoms with E-state index in [2.05, 4.69) is 30.7 Å². The Bertz CT molecular complexity index is 562. The molecule has 0 radical (unpaired) electrons. The van der Waals surface area contributed by atoms with Crippen LogP contribution in [-0.2, 0) is 13.0 Å². The summed E-state index contributed by atoms with van der Waals surface area (Å²) >= 11 is 3.45. The minimum absolute atomic E-state index is 0.730. The lowest BCUT2D eigenvalue weighted by Crippen LogP contribution is -2.11. The van der Waals surface area contributed by atoms with Crippen molar-refractivity contribution < 1.29 is 0 Å². The third-order valence-corrected chi connectivity index (χ3v) is 3.84. The molecule has 0 unspecified atom stereocenters. The number of fused-ring (bicyclic) bond motifs is 1. The highest BCUT2D eigenvalue weighted by Gasteiger charge is 2.18. The summed E-state index contributed by atoms with van der Waals surface area (Å²) < 4.78 is 3.09. The Morgan fingerprint density at radius 1 is 1.24 bits per heavy atom. The van der Waals surface area contributed by atoms with E-state index >= 15 is 0 Å². The maximum absolute atomic E-state index is 6.08. The standard InChI is InChI=1S/C12H13BrN4/c13-9-5-3-4-8(11(9)14)12-16-15-10-6-1-2-7-17(10)12/h3-5H,1-2,6-7,14H2. The minimum Gasteiger partial charge on any atom is -0.397 e. The van der Waals surface area contributed by atoms with E-state index in [0.29, 0.717) is 0 Å². The fraction of sp³-hybridized carbons (Fsp3) is 0.333. The molecule has 5 heteroatoms. The van der Waals surface area contributed by atoms with E-state index in [1.54, 1.807) is 0 Å². The Kier molecular flexibility index (Phi) is 2.63. The average Bonchev–Trinajstić information content (AvgIpc) is 2.77. The van der Waals surface area contributed by atoms with Gasteiger partial charge < -0.3 is 10.3 Å². The molecule has 0 aliphatic carbocycles. The Labute approximate surface area is 108 Å². The van der Waals surface area contributed by atoms with Crippen LogP contribution in [0.25, 0.3) is 11.4 Å². The normalized spacial score (nSPS) is 14.6. The molecule has 0 bridgehead atoms. The average molecular weight is 293 g/mol. The number of nitrogen functional groups attached to an aromatic ring is 1. The molecule has 17 heavy (non-hydrogen) atoms. The van der Waals surface area contributed by atoms with Crippen LogP contribution < -0.4 is 5.73 Å². The number of nitrogens with zero attached hydrogens (tertiary/aromatic N) is 3. The summed E-state index contributed by atoms with van der Waals surface area (Å²) in [4.78, 5) is 0. The molecule has 1 aromatic heterocycles. The van der Waals surface area contributed by atoms with Crippen LogP contribution in [0.2, 0.25) is 0 Å². The van der Waals surface area contributed by atoms with Crippen LogP contribution in [0.15, 0.2) is 22.7 Å². The van der Waals surface area contributed by atoms with Crippen molar-refractivity contribution in [1.29, 1.82) is 0 Å². The second kappa shape index (κ2) is 4.14. The molecule has 2 heterocycles. The Balaban J connectivity index is 2.15. The molecule has 4 nitrogen and oxygen atoms in total. The number of rotatable bonds is 1. The molecule has 0 saturated heterocycles. The topological polar surface area (TPSA) is 56.7 Å². The molecule has 1 aromatic carbocycles. The monoisotopic (exact) mass is 292 g/mol. The van der Waals surface area contributed by atoms with Gasteiger partial charge in [-0.1, -0.05) is 6.07 Å². The SMILES string of the molecule is Nc1c(Br)cccc1-c1nnc2n1CCCC2. The van der Waals surface area contributed by atoms with Crippen LogP contribution in [0.4, 0.5) is 5.69 Å². The van der Waals surface area contributed by atoms with E-state index in [1.165, 1.54) is 12.8 Å². The fourth-order valence-electron chi connectivity index (χ4n) is 2.24. The second-order valence-electron chi connectivity index (χ2n) is 4.25. The van der Waals surface area contributed by atoms with Crippen LogP contribution in [0.3, 0.4) is 0 Å². The van der Waals surface area contributed by atoms with E-state index in [9.17, 15) is 0 Å². The molecule has 88 valence electrons. The lowest BCUT2D eigenvalue weighted by molar-refractivity contribution is 0.526. The molecule has 1 aliphatic heterocycles. The van der Waals surface area contributed by atoms with Gasteiger partial charge in [0.2, 0.25) is 0 Å². The van der Waals surface area contributed by atoms with Gasteiger partial charge in [0, 0.05) is 23.0 Å². The maximum atomic E-state index is 6.08. The number of halogens is 1. The van der Waals surface area contributed by atoms with Gasteiger partial charge in [-0.05, 0) is 40.9 Å². The number of aryl methyl sites for hydroxylation is 1. The van der Waals surface area contributed by atoms with Crippen molar-refractivity contribution in [2.24, 2.45) is 0 Å². The van der Waals surface area contributed by atoms with Gasteiger partial charge in [0.25, 0.3) is 0 Å². The first kappa shape index (κ1) is 10.8. The van der Waals surface area contributed by atoms with Crippen molar-refractivity contribution in [3.8, 4) is 11.4 Å². The number of benzene rings is 1. The molecule has 3 rings (SSSR count). The fourth-order valence-corrected chi connectivity index (χ4v) is 2.61. The summed E-state index contributed by atoms with van der Waals surface area (Å²) in [6.07, 6.45) is 3.40. The minimum atomic E-state index is 0.730. The summed E-state index contributed by atoms with van der Waals surface area (Å²) in [6, 6.07) is 5.90. The third-order valence-electron chi connectivity index (χ3n) is 3.15. The molecule has 0 spiro atoms. The van der Waals surface area contributed by atoms with Crippen LogP contribution in [-0.4, -0.2) is 14.8 Å². The molecule has 0 atom stereocenters. The highest BCUT2D eigenvalue weighted by molar-refractivity contribution is 9.10. The van der Waals surface area contributed by atoms with Gasteiger partial charge in [0.1, 0.15) is 5.82 Å². The highest BCUT2D eigenvalue weighted by Crippen LogP contribution is 2.32. The van der Waals surface area contributed by atoms with Crippen LogP contribution in [0.1, 0.15) is 18.7 Å². The van der Waals surface area contributed by atoms with Gasteiger partial charge in [0.15, 0.2) is 5.82 Å². The van der Waals surface area contributed by atoms with E-state index in [0.717, 1.165) is 40.3 Å². The number of anilines is 1. The summed E-state index contributed by atoms with van der Waals surface area (Å²) in [5, 5.41) is 8.53. The molecule has 2 aromatic rings. The molecule has 1 aliphatic rings. The first-order chi connectivity index (χ1) is 8.27. The van der Waals surface area contributed by atoms with Crippen molar-refractivity contribution in [3.05, 3.63) is 28.5 Å². The number of nitrogens with two attached hydrogens (primary N) is 1. The summed E-state index contributed by atoms with van der Waals surface area (Å²) in [6.45, 7) is 0.990. The molecule has 0 amide bonds. The summed E-state index contributed by atoms with van der Waals surface area (Å²) in [7, 11) is 0. The van der Waals surface area contributed by atoms with Crippen LogP contribution >= 0.6 is 15.9 Å². The van der Waals surface area contributed by atoms with E-state index in [4.69, 9.17) is 5.73 Å². The zero-order valence-corrected chi connectivity index (χ0v) is 10.9. The van der Waals surface area contributed by atoms with Crippen molar-refractivity contribution in [3.63, 3.8) is 0 Å². The molecule has 0 fully saturated rings. The first-order valence-corrected chi connectivity index (χ1v) is 6.53. The van der Waals surface area contributed by atoms with Gasteiger partial charge in [0.05, 0.1) is 5.69 Å². The molecule has 0 saturated carbocycles. The Morgan fingerprint density at radius 2 is 2.12 bits per heavy atom. The maximum Gasteiger partial charge on any atom is 0.166 e. The predicted molar refractivity (Wildman–Crippen MR) is 70.5 cm³/mol. The predicted octanol–water partition coefficient (Wildman–Crippen LogP) is 2.63. The Hall–Kier alpha value is -1.36. The quantitative estimate of drug-likeness (QED) is 0.822. The first-order valence-electron chi connectivity index (χ1n) is 5.74. The van der Waals surface area contributed by atoms with E-state index in [-0.39, 0.29) is 0 Å². The molecule has 2 N–H and O–H groups in total. The van der Waals surface area contributed by atoms with E-state index in [1.807, 2.05) is 18.2 Å². The largest absolute Gasteiger partial charge is 0.397 e. The van der Waals surface area contributed by atoms with Gasteiger partial charge in [-0.3, -0.25) is 0 Å². The zero-order chi connectivity index (χ0) is 11.8. The van der Waals surface area contributed by atoms with Gasteiger partial charge in [-0.25, -0.2) is 0 Å². The smallest absolute Gasteiger partial charge is 0.166 e. The van der Waals surface area contributed by atoms with E-state index < -0.39 is 0 Å². The van der Waals surface area contributed by atoms with Gasteiger partial charge in [-0.15, -0.1) is 10.2 Å². The number of para-hydroxylation sites is 1. The number of aromatic nitrogens is 3. The summed E-state index contributed by atoms with van der Waals surface area (Å²) in [5.74, 6) is 1.96.